The van der Waals surface area contributed by atoms with Crippen LogP contribution in [0.3, 0.4) is 0 Å². The van der Waals surface area contributed by atoms with Crippen molar-refractivity contribution < 1.29 is 0 Å². The Morgan fingerprint density at radius 3 is 1.46 bits per heavy atom. The lowest BCUT2D eigenvalue weighted by molar-refractivity contribution is 0.863. The molecular weight excluding hydrogens is 450 g/mol. The number of anilines is 3. The average Bonchev–Trinajstić information content (AvgIpc) is 2.93. The Morgan fingerprint density at radius 2 is 1.03 bits per heavy atom. The summed E-state index contributed by atoms with van der Waals surface area (Å²) in [5.41, 5.74) is 7.75. The van der Waals surface area contributed by atoms with Gasteiger partial charge in [-0.1, -0.05) is 54.6 Å². The first kappa shape index (κ1) is 26.6. The van der Waals surface area contributed by atoms with Gasteiger partial charge in [0.1, 0.15) is 0 Å². The smallest absolute Gasteiger partial charge is 0.0422 e. The number of rotatable bonds is 11. The second kappa shape index (κ2) is 12.2. The minimum atomic E-state index is 0.148. The molecule has 4 rings (SSSR count). The second-order valence-corrected chi connectivity index (χ2v) is 10.0. The van der Waals surface area contributed by atoms with Crippen LogP contribution in [0.4, 0.5) is 17.1 Å². The van der Waals surface area contributed by atoms with Gasteiger partial charge in [0.15, 0.2) is 0 Å². The summed E-state index contributed by atoms with van der Waals surface area (Å²) in [5, 5.41) is 6.23. The van der Waals surface area contributed by atoms with Crippen LogP contribution in [0.2, 0.25) is 0 Å². The minimum absolute atomic E-state index is 0.148. The van der Waals surface area contributed by atoms with Gasteiger partial charge in [-0.15, -0.1) is 0 Å². The summed E-state index contributed by atoms with van der Waals surface area (Å²) in [4.78, 5) is 4.80. The van der Waals surface area contributed by atoms with E-state index in [0.717, 1.165) is 26.2 Å². The third kappa shape index (κ3) is 5.77. The normalized spacial score (nSPS) is 11.4. The van der Waals surface area contributed by atoms with Gasteiger partial charge >= 0.3 is 0 Å². The Bertz CT molecular complexity index is 1210. The van der Waals surface area contributed by atoms with E-state index in [2.05, 4.69) is 142 Å². The minimum Gasteiger partial charge on any atom is -0.382 e. The van der Waals surface area contributed by atoms with E-state index in [-0.39, 0.29) is 5.92 Å². The molecule has 0 atom stereocenters. The first-order valence-electron chi connectivity index (χ1n) is 14.0. The molecule has 0 aliphatic carbocycles. The number of hydrogen-bond acceptors (Lipinski definition) is 3. The third-order valence-corrected chi connectivity index (χ3v) is 7.42. The largest absolute Gasteiger partial charge is 0.382 e. The Morgan fingerprint density at radius 1 is 0.568 bits per heavy atom. The summed E-state index contributed by atoms with van der Waals surface area (Å²) in [7, 11) is 0. The lowest BCUT2D eigenvalue weighted by atomic mass is 9.82. The van der Waals surface area contributed by atoms with E-state index >= 15 is 0 Å². The van der Waals surface area contributed by atoms with Crippen LogP contribution in [-0.4, -0.2) is 32.2 Å². The van der Waals surface area contributed by atoms with Gasteiger partial charge in [0.25, 0.3) is 0 Å². The van der Waals surface area contributed by atoms with Crippen LogP contribution in [0.25, 0.3) is 10.8 Å². The lowest BCUT2D eigenvalue weighted by Crippen LogP contribution is -2.22. The van der Waals surface area contributed by atoms with Crippen LogP contribution >= 0.6 is 0 Å². The maximum atomic E-state index is 3.65. The summed E-state index contributed by atoms with van der Waals surface area (Å²) in [6.45, 7) is 17.3. The quantitative estimate of drug-likeness (QED) is 0.211. The average molecular weight is 494 g/mol. The van der Waals surface area contributed by atoms with Crippen LogP contribution in [0.15, 0.2) is 84.9 Å². The van der Waals surface area contributed by atoms with E-state index in [4.69, 9.17) is 0 Å². The fourth-order valence-electron chi connectivity index (χ4n) is 5.50. The van der Waals surface area contributed by atoms with E-state index in [1.807, 2.05) is 0 Å². The van der Waals surface area contributed by atoms with Crippen LogP contribution in [0.1, 0.15) is 64.2 Å². The third-order valence-electron chi connectivity index (χ3n) is 7.42. The zero-order valence-electron chi connectivity index (χ0n) is 23.5. The highest BCUT2D eigenvalue weighted by Gasteiger charge is 2.21. The molecule has 0 saturated carbocycles. The number of benzene rings is 4. The highest BCUT2D eigenvalue weighted by molar-refractivity contribution is 5.97. The summed E-state index contributed by atoms with van der Waals surface area (Å²) >= 11 is 0. The van der Waals surface area contributed by atoms with Gasteiger partial charge in [-0.2, -0.15) is 0 Å². The molecule has 4 aromatic carbocycles. The Kier molecular flexibility index (Phi) is 8.76. The Labute approximate surface area is 224 Å². The van der Waals surface area contributed by atoms with Crippen LogP contribution in [0.5, 0.6) is 0 Å². The molecule has 0 amide bonds. The molecule has 0 aliphatic rings. The molecule has 0 heterocycles. The standard InChI is InChI=1S/C34H43N3/c1-7-36(8-2)28-19-15-26(16-20-28)34(27-17-21-29(22-18-27)37(9-3)10-4)32-23-24-33(35-25(5)6)31-14-12-11-13-30(31)32/h11-25,34-35H,7-10H2,1-6H3. The van der Waals surface area contributed by atoms with E-state index in [1.165, 1.54) is 44.5 Å². The summed E-state index contributed by atoms with van der Waals surface area (Å²) in [6.07, 6.45) is 0. The lowest BCUT2D eigenvalue weighted by Gasteiger charge is -2.26. The van der Waals surface area contributed by atoms with E-state index < -0.39 is 0 Å². The molecule has 0 spiro atoms. The molecule has 3 heteroatoms. The molecular formula is C34H43N3. The zero-order valence-corrected chi connectivity index (χ0v) is 23.5. The van der Waals surface area contributed by atoms with Crippen molar-refractivity contribution in [3.8, 4) is 0 Å². The van der Waals surface area contributed by atoms with Gasteiger partial charge < -0.3 is 15.1 Å². The maximum absolute atomic E-state index is 3.65. The molecule has 194 valence electrons. The molecule has 37 heavy (non-hydrogen) atoms. The van der Waals surface area contributed by atoms with Gasteiger partial charge in [0, 0.05) is 60.6 Å². The van der Waals surface area contributed by atoms with Crippen molar-refractivity contribution in [1.82, 2.24) is 0 Å². The van der Waals surface area contributed by atoms with E-state index in [0.29, 0.717) is 6.04 Å². The van der Waals surface area contributed by atoms with Crippen LogP contribution < -0.4 is 15.1 Å². The van der Waals surface area contributed by atoms with Gasteiger partial charge in [0.2, 0.25) is 0 Å². The Hall–Kier alpha value is -3.46. The molecule has 0 unspecified atom stereocenters. The Balaban J connectivity index is 1.86. The van der Waals surface area contributed by atoms with Crippen LogP contribution in [0, 0.1) is 0 Å². The first-order valence-corrected chi connectivity index (χ1v) is 14.0. The van der Waals surface area contributed by atoms with Gasteiger partial charge in [-0.25, -0.2) is 0 Å². The van der Waals surface area contributed by atoms with Gasteiger partial charge in [-0.05, 0) is 94.0 Å². The molecule has 0 radical (unpaired) electrons. The molecule has 1 N–H and O–H groups in total. The number of nitrogens with one attached hydrogen (secondary N) is 1. The number of fused-ring (bicyclic) bond motifs is 1. The maximum Gasteiger partial charge on any atom is 0.0422 e. The van der Waals surface area contributed by atoms with Crippen molar-refractivity contribution >= 4 is 27.8 Å². The summed E-state index contributed by atoms with van der Waals surface area (Å²) < 4.78 is 0. The highest BCUT2D eigenvalue weighted by Crippen LogP contribution is 2.39. The topological polar surface area (TPSA) is 18.5 Å². The SMILES string of the molecule is CCN(CC)c1ccc(C(c2ccc(N(CC)CC)cc2)c2ccc(NC(C)C)c3ccccc23)cc1. The fourth-order valence-corrected chi connectivity index (χ4v) is 5.50. The van der Waals surface area contributed by atoms with Crippen molar-refractivity contribution in [1.29, 1.82) is 0 Å². The van der Waals surface area contributed by atoms with E-state index in [9.17, 15) is 0 Å². The predicted molar refractivity (Wildman–Crippen MR) is 164 cm³/mol. The van der Waals surface area contributed by atoms with Crippen molar-refractivity contribution in [2.75, 3.05) is 41.3 Å². The number of hydrogen-bond donors (Lipinski definition) is 1. The molecule has 0 fully saturated rings. The second-order valence-electron chi connectivity index (χ2n) is 10.0. The van der Waals surface area contributed by atoms with Gasteiger partial charge in [0.05, 0.1) is 0 Å². The first-order chi connectivity index (χ1) is 18.0. The van der Waals surface area contributed by atoms with Crippen molar-refractivity contribution in [3.05, 3.63) is 102 Å². The van der Waals surface area contributed by atoms with E-state index in [1.54, 1.807) is 0 Å². The number of nitrogens with zero attached hydrogens (tertiary/aromatic N) is 2. The van der Waals surface area contributed by atoms with Crippen molar-refractivity contribution in [2.45, 2.75) is 53.5 Å². The molecule has 0 aromatic heterocycles. The summed E-state index contributed by atoms with van der Waals surface area (Å²) in [6, 6.07) is 32.2. The fraction of sp³-hybridized carbons (Fsp3) is 0.353. The monoisotopic (exact) mass is 493 g/mol. The molecule has 0 saturated heterocycles. The summed E-state index contributed by atoms with van der Waals surface area (Å²) in [5.74, 6) is 0.148. The molecule has 0 bridgehead atoms. The predicted octanol–water partition coefficient (Wildman–Crippen LogP) is 8.53. The zero-order chi connectivity index (χ0) is 26.4. The van der Waals surface area contributed by atoms with Crippen LogP contribution in [-0.2, 0) is 0 Å². The molecule has 4 aromatic rings. The molecule has 3 nitrogen and oxygen atoms in total. The van der Waals surface area contributed by atoms with Crippen molar-refractivity contribution in [2.24, 2.45) is 0 Å². The van der Waals surface area contributed by atoms with Crippen molar-refractivity contribution in [3.63, 3.8) is 0 Å². The van der Waals surface area contributed by atoms with Gasteiger partial charge in [-0.3, -0.25) is 0 Å². The molecule has 0 aliphatic heterocycles. The highest BCUT2D eigenvalue weighted by atomic mass is 15.1.